The third-order valence-corrected chi connectivity index (χ3v) is 3.01. The van der Waals surface area contributed by atoms with Crippen molar-refractivity contribution in [3.8, 4) is 0 Å². The number of primary amides is 1. The molecule has 1 rings (SSSR count). The molecular weight excluding hydrogens is 256 g/mol. The predicted molar refractivity (Wildman–Crippen MR) is 80.0 cm³/mol. The van der Waals surface area contributed by atoms with Gasteiger partial charge in [-0.25, -0.2) is 4.79 Å². The number of nitrogens with zero attached hydrogens (tertiary/aromatic N) is 1. The summed E-state index contributed by atoms with van der Waals surface area (Å²) in [7, 11) is 0. The summed E-state index contributed by atoms with van der Waals surface area (Å²) >= 11 is 0. The highest BCUT2D eigenvalue weighted by molar-refractivity contribution is 5.71. The average molecular weight is 278 g/mol. The minimum absolute atomic E-state index is 0.478. The van der Waals surface area contributed by atoms with Gasteiger partial charge in [0.15, 0.2) is 0 Å². The van der Waals surface area contributed by atoms with Crippen LogP contribution in [0, 0.1) is 11.8 Å². The van der Waals surface area contributed by atoms with E-state index in [1.807, 2.05) is 19.1 Å². The first-order valence-electron chi connectivity index (χ1n) is 6.80. The SMILES string of the molecule is Cc1cc(CCCNCCCNC(N)=O)ccc1N=O. The normalized spacial score (nSPS) is 10.2. The first-order valence-corrected chi connectivity index (χ1v) is 6.80. The highest BCUT2D eigenvalue weighted by Gasteiger charge is 2.00. The van der Waals surface area contributed by atoms with E-state index < -0.39 is 6.03 Å². The first-order chi connectivity index (χ1) is 9.63. The van der Waals surface area contributed by atoms with Crippen molar-refractivity contribution in [3.63, 3.8) is 0 Å². The highest BCUT2D eigenvalue weighted by atomic mass is 16.3. The maximum Gasteiger partial charge on any atom is 0.312 e. The lowest BCUT2D eigenvalue weighted by molar-refractivity contribution is 0.249. The lowest BCUT2D eigenvalue weighted by atomic mass is 10.1. The standard InChI is InChI=1S/C14H22N4O2/c1-11-10-12(5-6-13(11)18-20)4-2-7-16-8-3-9-17-14(15)19/h5-6,10,16H,2-4,7-9H2,1H3,(H3,15,17,19). The Morgan fingerprint density at radius 2 is 2.00 bits per heavy atom. The van der Waals surface area contributed by atoms with Crippen molar-refractivity contribution in [2.45, 2.75) is 26.2 Å². The molecule has 6 nitrogen and oxygen atoms in total. The zero-order valence-corrected chi connectivity index (χ0v) is 11.8. The number of hydrogen-bond acceptors (Lipinski definition) is 4. The molecule has 0 saturated heterocycles. The van der Waals surface area contributed by atoms with E-state index in [0.717, 1.165) is 37.9 Å². The van der Waals surface area contributed by atoms with Gasteiger partial charge < -0.3 is 16.4 Å². The van der Waals surface area contributed by atoms with Crippen molar-refractivity contribution < 1.29 is 4.79 Å². The van der Waals surface area contributed by atoms with E-state index in [1.54, 1.807) is 6.07 Å². The summed E-state index contributed by atoms with van der Waals surface area (Å²) in [5, 5.41) is 8.81. The van der Waals surface area contributed by atoms with Crippen molar-refractivity contribution in [2.75, 3.05) is 19.6 Å². The Morgan fingerprint density at radius 1 is 1.25 bits per heavy atom. The number of nitroso groups, excluding NO2 is 1. The number of carbonyl (C=O) groups is 1. The maximum atomic E-state index is 10.5. The van der Waals surface area contributed by atoms with Crippen LogP contribution in [-0.2, 0) is 6.42 Å². The van der Waals surface area contributed by atoms with Gasteiger partial charge in [0.05, 0.1) is 0 Å². The fraction of sp³-hybridized carbons (Fsp3) is 0.500. The Labute approximate surface area is 119 Å². The molecule has 0 heterocycles. The van der Waals surface area contributed by atoms with E-state index in [4.69, 9.17) is 5.73 Å². The molecule has 20 heavy (non-hydrogen) atoms. The summed E-state index contributed by atoms with van der Waals surface area (Å²) in [6.07, 6.45) is 2.85. The molecule has 0 fully saturated rings. The number of benzene rings is 1. The molecule has 0 radical (unpaired) electrons. The molecule has 0 aliphatic carbocycles. The molecule has 6 heteroatoms. The summed E-state index contributed by atoms with van der Waals surface area (Å²) in [4.78, 5) is 20.9. The van der Waals surface area contributed by atoms with Gasteiger partial charge in [0.1, 0.15) is 5.69 Å². The molecule has 0 spiro atoms. The summed E-state index contributed by atoms with van der Waals surface area (Å²) in [5.41, 5.74) is 7.60. The zero-order chi connectivity index (χ0) is 14.8. The summed E-state index contributed by atoms with van der Waals surface area (Å²) in [5.74, 6) is 0. The Kier molecular flexibility index (Phi) is 7.27. The third-order valence-electron chi connectivity index (χ3n) is 3.01. The van der Waals surface area contributed by atoms with Crippen molar-refractivity contribution in [2.24, 2.45) is 10.9 Å². The fourth-order valence-electron chi connectivity index (χ4n) is 1.94. The molecule has 0 saturated carbocycles. The number of nitrogens with two attached hydrogens (primary N) is 1. The molecule has 0 unspecified atom stereocenters. The first kappa shape index (κ1) is 16.1. The van der Waals surface area contributed by atoms with Crippen LogP contribution in [0.25, 0.3) is 0 Å². The van der Waals surface area contributed by atoms with E-state index in [-0.39, 0.29) is 0 Å². The molecule has 0 aromatic heterocycles. The van der Waals surface area contributed by atoms with Gasteiger partial charge in [-0.3, -0.25) is 0 Å². The fourth-order valence-corrected chi connectivity index (χ4v) is 1.94. The Bertz CT molecular complexity index is 449. The van der Waals surface area contributed by atoms with E-state index in [9.17, 15) is 9.70 Å². The highest BCUT2D eigenvalue weighted by Crippen LogP contribution is 2.19. The van der Waals surface area contributed by atoms with Crippen molar-refractivity contribution in [3.05, 3.63) is 34.2 Å². The van der Waals surface area contributed by atoms with Crippen LogP contribution in [0.15, 0.2) is 23.4 Å². The molecule has 0 aliphatic heterocycles. The van der Waals surface area contributed by atoms with Crippen molar-refractivity contribution >= 4 is 11.7 Å². The number of nitrogens with one attached hydrogen (secondary N) is 2. The van der Waals surface area contributed by atoms with Crippen LogP contribution < -0.4 is 16.4 Å². The smallest absolute Gasteiger partial charge is 0.312 e. The van der Waals surface area contributed by atoms with E-state index >= 15 is 0 Å². The van der Waals surface area contributed by atoms with Crippen LogP contribution in [0.5, 0.6) is 0 Å². The van der Waals surface area contributed by atoms with Crippen LogP contribution in [0.2, 0.25) is 0 Å². The molecule has 0 aliphatic rings. The lowest BCUT2D eigenvalue weighted by Crippen LogP contribution is -2.31. The van der Waals surface area contributed by atoms with E-state index in [1.165, 1.54) is 5.56 Å². The number of amides is 2. The monoisotopic (exact) mass is 278 g/mol. The molecule has 0 bridgehead atoms. The molecule has 0 atom stereocenters. The number of aryl methyl sites for hydroxylation is 2. The molecule has 4 N–H and O–H groups in total. The maximum absolute atomic E-state index is 10.5. The van der Waals surface area contributed by atoms with Crippen LogP contribution >= 0.6 is 0 Å². The van der Waals surface area contributed by atoms with Gasteiger partial charge in [-0.2, -0.15) is 0 Å². The van der Waals surface area contributed by atoms with Gasteiger partial charge in [0.2, 0.25) is 0 Å². The van der Waals surface area contributed by atoms with Crippen LogP contribution in [0.1, 0.15) is 24.0 Å². The van der Waals surface area contributed by atoms with Crippen molar-refractivity contribution in [1.29, 1.82) is 0 Å². The second-order valence-electron chi connectivity index (χ2n) is 4.71. The summed E-state index contributed by atoms with van der Waals surface area (Å²) < 4.78 is 0. The van der Waals surface area contributed by atoms with Crippen LogP contribution in [-0.4, -0.2) is 25.7 Å². The van der Waals surface area contributed by atoms with Crippen LogP contribution in [0.4, 0.5) is 10.5 Å². The minimum Gasteiger partial charge on any atom is -0.352 e. The topological polar surface area (TPSA) is 96.6 Å². The van der Waals surface area contributed by atoms with Gasteiger partial charge in [-0.05, 0) is 61.6 Å². The van der Waals surface area contributed by atoms with E-state index in [0.29, 0.717) is 12.2 Å². The largest absolute Gasteiger partial charge is 0.352 e. The Morgan fingerprint density at radius 3 is 2.65 bits per heavy atom. The number of hydrogen-bond donors (Lipinski definition) is 3. The molecule has 2 amide bonds. The third kappa shape index (κ3) is 6.29. The Hall–Kier alpha value is -1.95. The quantitative estimate of drug-likeness (QED) is 0.476. The number of rotatable bonds is 9. The minimum atomic E-state index is -0.478. The van der Waals surface area contributed by atoms with Gasteiger partial charge in [-0.1, -0.05) is 12.1 Å². The summed E-state index contributed by atoms with van der Waals surface area (Å²) in [6.45, 7) is 4.27. The zero-order valence-electron chi connectivity index (χ0n) is 11.8. The van der Waals surface area contributed by atoms with Gasteiger partial charge in [0, 0.05) is 6.54 Å². The average Bonchev–Trinajstić information content (AvgIpc) is 2.41. The summed E-state index contributed by atoms with van der Waals surface area (Å²) in [6, 6.07) is 5.24. The Balaban J connectivity index is 2.11. The van der Waals surface area contributed by atoms with Gasteiger partial charge >= 0.3 is 6.03 Å². The molecular formula is C14H22N4O2. The predicted octanol–water partition coefficient (Wildman–Crippen LogP) is 1.97. The molecule has 1 aromatic rings. The van der Waals surface area contributed by atoms with Gasteiger partial charge in [-0.15, -0.1) is 4.91 Å². The second-order valence-corrected chi connectivity index (χ2v) is 4.71. The number of carbonyl (C=O) groups excluding carboxylic acids is 1. The van der Waals surface area contributed by atoms with Crippen molar-refractivity contribution in [1.82, 2.24) is 10.6 Å². The molecule has 110 valence electrons. The van der Waals surface area contributed by atoms with E-state index in [2.05, 4.69) is 15.8 Å². The van der Waals surface area contributed by atoms with Crippen LogP contribution in [0.3, 0.4) is 0 Å². The second kappa shape index (κ2) is 9.03. The van der Waals surface area contributed by atoms with Gasteiger partial charge in [0.25, 0.3) is 0 Å². The lowest BCUT2D eigenvalue weighted by Gasteiger charge is -2.06. The number of urea groups is 1. The molecule has 1 aromatic carbocycles.